The Kier molecular flexibility index (Phi) is 2.84. The fraction of sp³-hybridized carbons (Fsp3) is 0.857. The van der Waals surface area contributed by atoms with Gasteiger partial charge in [0.1, 0.15) is 0 Å². The molecule has 1 amide bonds. The van der Waals surface area contributed by atoms with Crippen LogP contribution < -0.4 is 5.84 Å². The molecule has 1 aliphatic rings. The first kappa shape index (κ1) is 8.49. The van der Waals surface area contributed by atoms with Crippen molar-refractivity contribution < 1.29 is 9.53 Å². The van der Waals surface area contributed by atoms with Crippen LogP contribution in [0, 0.1) is 0 Å². The molecule has 4 heteroatoms. The Hall–Kier alpha value is -0.610. The molecule has 1 fully saturated rings. The van der Waals surface area contributed by atoms with E-state index in [4.69, 9.17) is 10.6 Å². The summed E-state index contributed by atoms with van der Waals surface area (Å²) in [7, 11) is 1.57. The van der Waals surface area contributed by atoms with E-state index in [-0.39, 0.29) is 5.91 Å². The van der Waals surface area contributed by atoms with Gasteiger partial charge in [0.15, 0.2) is 0 Å². The SMILES string of the molecule is COCCC(=O)N(N)C1CC1. The molecule has 0 atom stereocenters. The Morgan fingerprint density at radius 3 is 2.82 bits per heavy atom. The molecule has 0 aromatic heterocycles. The molecule has 11 heavy (non-hydrogen) atoms. The van der Waals surface area contributed by atoms with E-state index < -0.39 is 0 Å². The summed E-state index contributed by atoms with van der Waals surface area (Å²) in [6.07, 6.45) is 2.49. The normalized spacial score (nSPS) is 16.5. The van der Waals surface area contributed by atoms with Crippen LogP contribution in [-0.4, -0.2) is 30.7 Å². The smallest absolute Gasteiger partial charge is 0.239 e. The molecule has 0 aromatic rings. The van der Waals surface area contributed by atoms with Crippen molar-refractivity contribution in [1.82, 2.24) is 5.01 Å². The highest BCUT2D eigenvalue weighted by Crippen LogP contribution is 2.24. The third-order valence-electron chi connectivity index (χ3n) is 1.75. The van der Waals surface area contributed by atoms with E-state index in [0.29, 0.717) is 19.1 Å². The van der Waals surface area contributed by atoms with Crippen molar-refractivity contribution >= 4 is 5.91 Å². The van der Waals surface area contributed by atoms with Crippen LogP contribution in [0.5, 0.6) is 0 Å². The van der Waals surface area contributed by atoms with E-state index in [1.54, 1.807) is 7.11 Å². The van der Waals surface area contributed by atoms with E-state index in [9.17, 15) is 4.79 Å². The van der Waals surface area contributed by atoms with Gasteiger partial charge in [0.05, 0.1) is 13.0 Å². The van der Waals surface area contributed by atoms with Crippen LogP contribution in [-0.2, 0) is 9.53 Å². The summed E-state index contributed by atoms with van der Waals surface area (Å²) in [4.78, 5) is 11.1. The lowest BCUT2D eigenvalue weighted by atomic mass is 10.4. The largest absolute Gasteiger partial charge is 0.384 e. The van der Waals surface area contributed by atoms with Gasteiger partial charge in [-0.15, -0.1) is 0 Å². The van der Waals surface area contributed by atoms with Crippen molar-refractivity contribution in [3.63, 3.8) is 0 Å². The Bertz CT molecular complexity index is 145. The molecular weight excluding hydrogens is 144 g/mol. The van der Waals surface area contributed by atoms with Crippen molar-refractivity contribution in [2.24, 2.45) is 5.84 Å². The molecule has 1 aliphatic carbocycles. The average Bonchev–Trinajstić information content (AvgIpc) is 2.81. The first-order valence-corrected chi connectivity index (χ1v) is 3.81. The Labute approximate surface area is 66.3 Å². The summed E-state index contributed by atoms with van der Waals surface area (Å²) >= 11 is 0. The van der Waals surface area contributed by atoms with Crippen LogP contribution in [0.15, 0.2) is 0 Å². The fourth-order valence-electron chi connectivity index (χ4n) is 0.875. The lowest BCUT2D eigenvalue weighted by Crippen LogP contribution is -2.39. The minimum atomic E-state index is -0.0191. The molecule has 1 rings (SSSR count). The van der Waals surface area contributed by atoms with Gasteiger partial charge in [0.25, 0.3) is 0 Å². The second-order valence-electron chi connectivity index (χ2n) is 2.77. The third kappa shape index (κ3) is 2.48. The maximum absolute atomic E-state index is 11.1. The first-order valence-electron chi connectivity index (χ1n) is 3.81. The first-order chi connectivity index (χ1) is 5.25. The molecule has 0 aromatic carbocycles. The van der Waals surface area contributed by atoms with Crippen molar-refractivity contribution in [3.8, 4) is 0 Å². The van der Waals surface area contributed by atoms with Crippen LogP contribution in [0.4, 0.5) is 0 Å². The van der Waals surface area contributed by atoms with Crippen molar-refractivity contribution in [3.05, 3.63) is 0 Å². The average molecular weight is 158 g/mol. The highest BCUT2D eigenvalue weighted by Gasteiger charge is 2.29. The number of methoxy groups -OCH3 is 1. The molecule has 0 aliphatic heterocycles. The zero-order valence-corrected chi connectivity index (χ0v) is 6.75. The summed E-state index contributed by atoms with van der Waals surface area (Å²) in [6.45, 7) is 0.458. The highest BCUT2D eigenvalue weighted by molar-refractivity contribution is 5.76. The van der Waals surface area contributed by atoms with E-state index >= 15 is 0 Å². The van der Waals surface area contributed by atoms with Crippen LogP contribution in [0.2, 0.25) is 0 Å². The molecule has 0 radical (unpaired) electrons. The Balaban J connectivity index is 2.16. The molecule has 64 valence electrons. The predicted molar refractivity (Wildman–Crippen MR) is 40.5 cm³/mol. The highest BCUT2D eigenvalue weighted by atomic mass is 16.5. The van der Waals surface area contributed by atoms with Crippen LogP contribution in [0.1, 0.15) is 19.3 Å². The van der Waals surface area contributed by atoms with Gasteiger partial charge in [-0.3, -0.25) is 9.80 Å². The number of rotatable bonds is 4. The van der Waals surface area contributed by atoms with Gasteiger partial charge in [-0.05, 0) is 12.8 Å². The quantitative estimate of drug-likeness (QED) is 0.353. The summed E-state index contributed by atoms with van der Waals surface area (Å²) in [5, 5.41) is 1.33. The predicted octanol–water partition coefficient (Wildman–Crippen LogP) is -0.112. The summed E-state index contributed by atoms with van der Waals surface area (Å²) in [5.74, 6) is 5.47. The van der Waals surface area contributed by atoms with Crippen molar-refractivity contribution in [2.45, 2.75) is 25.3 Å². The number of amides is 1. The lowest BCUT2D eigenvalue weighted by molar-refractivity contribution is -0.133. The van der Waals surface area contributed by atoms with Crippen LogP contribution in [0.3, 0.4) is 0 Å². The molecule has 4 nitrogen and oxygen atoms in total. The zero-order chi connectivity index (χ0) is 8.27. The van der Waals surface area contributed by atoms with Gasteiger partial charge in [-0.25, -0.2) is 5.84 Å². The third-order valence-corrected chi connectivity index (χ3v) is 1.75. The number of nitrogens with two attached hydrogens (primary N) is 1. The van der Waals surface area contributed by atoms with Gasteiger partial charge in [-0.2, -0.15) is 0 Å². The number of carbonyl (C=O) groups is 1. The number of hydrazine groups is 1. The molecule has 0 spiro atoms. The standard InChI is InChI=1S/C7H14N2O2/c1-11-5-4-7(10)9(8)6-2-3-6/h6H,2-5,8H2,1H3. The zero-order valence-electron chi connectivity index (χ0n) is 6.75. The Morgan fingerprint density at radius 1 is 1.73 bits per heavy atom. The van der Waals surface area contributed by atoms with E-state index in [2.05, 4.69) is 0 Å². The minimum Gasteiger partial charge on any atom is -0.384 e. The molecule has 1 saturated carbocycles. The summed E-state index contributed by atoms with van der Waals surface area (Å²) in [6, 6.07) is 0.305. The maximum atomic E-state index is 11.1. The number of ether oxygens (including phenoxy) is 1. The van der Waals surface area contributed by atoms with Gasteiger partial charge >= 0.3 is 0 Å². The number of hydrogen-bond donors (Lipinski definition) is 1. The van der Waals surface area contributed by atoms with Crippen LogP contribution in [0.25, 0.3) is 0 Å². The molecular formula is C7H14N2O2. The molecule has 0 heterocycles. The van der Waals surface area contributed by atoms with Crippen molar-refractivity contribution in [2.75, 3.05) is 13.7 Å². The van der Waals surface area contributed by atoms with Gasteiger partial charge in [0, 0.05) is 13.2 Å². The lowest BCUT2D eigenvalue weighted by Gasteiger charge is -2.14. The van der Waals surface area contributed by atoms with Gasteiger partial charge in [0.2, 0.25) is 5.91 Å². The second-order valence-corrected chi connectivity index (χ2v) is 2.77. The van der Waals surface area contributed by atoms with E-state index in [1.165, 1.54) is 5.01 Å². The van der Waals surface area contributed by atoms with Gasteiger partial charge < -0.3 is 4.74 Å². The minimum absolute atomic E-state index is 0.0191. The fourth-order valence-corrected chi connectivity index (χ4v) is 0.875. The Morgan fingerprint density at radius 2 is 2.36 bits per heavy atom. The number of hydrogen-bond acceptors (Lipinski definition) is 3. The van der Waals surface area contributed by atoms with E-state index in [1.807, 2.05) is 0 Å². The topological polar surface area (TPSA) is 55.6 Å². The summed E-state index contributed by atoms with van der Waals surface area (Å²) < 4.78 is 4.76. The number of carbonyl (C=O) groups excluding carboxylic acids is 1. The molecule has 0 unspecified atom stereocenters. The molecule has 2 N–H and O–H groups in total. The maximum Gasteiger partial charge on any atom is 0.239 e. The molecule has 0 bridgehead atoms. The second kappa shape index (κ2) is 3.69. The van der Waals surface area contributed by atoms with Crippen molar-refractivity contribution in [1.29, 1.82) is 0 Å². The monoisotopic (exact) mass is 158 g/mol. The van der Waals surface area contributed by atoms with E-state index in [0.717, 1.165) is 12.8 Å². The number of nitrogens with zero attached hydrogens (tertiary/aromatic N) is 1. The van der Waals surface area contributed by atoms with Crippen LogP contribution >= 0.6 is 0 Å². The summed E-state index contributed by atoms with van der Waals surface area (Å²) in [5.41, 5.74) is 0. The van der Waals surface area contributed by atoms with Gasteiger partial charge in [-0.1, -0.05) is 0 Å². The molecule has 0 saturated heterocycles.